The van der Waals surface area contributed by atoms with Crippen molar-refractivity contribution in [3.63, 3.8) is 0 Å². The highest BCUT2D eigenvalue weighted by molar-refractivity contribution is 6.15. The summed E-state index contributed by atoms with van der Waals surface area (Å²) in [5, 5.41) is 14.0. The molecule has 3 rings (SSSR count). The van der Waals surface area contributed by atoms with E-state index in [2.05, 4.69) is 5.32 Å². The maximum Gasteiger partial charge on any atom is 0.339 e. The quantitative estimate of drug-likeness (QED) is 0.292. The van der Waals surface area contributed by atoms with Crippen LogP contribution in [-0.2, 0) is 14.3 Å². The summed E-state index contributed by atoms with van der Waals surface area (Å²) in [4.78, 5) is 50.6. The number of ketones is 1. The Balaban J connectivity index is 1.77. The second-order valence-electron chi connectivity index (χ2n) is 7.75. The fraction of sp³-hybridized carbons (Fsp3) is 0.348. The van der Waals surface area contributed by atoms with Gasteiger partial charge < -0.3 is 19.7 Å². The Bertz CT molecular complexity index is 1080. The van der Waals surface area contributed by atoms with Crippen molar-refractivity contribution in [1.82, 2.24) is 4.90 Å². The van der Waals surface area contributed by atoms with Gasteiger partial charge in [-0.3, -0.25) is 19.7 Å². The minimum Gasteiger partial charge on any atom is -0.452 e. The number of nitrogens with one attached hydrogen (secondary N) is 1. The molecule has 1 aliphatic rings. The number of anilines is 1. The van der Waals surface area contributed by atoms with Gasteiger partial charge in [-0.1, -0.05) is 18.2 Å². The predicted molar refractivity (Wildman–Crippen MR) is 119 cm³/mol. The van der Waals surface area contributed by atoms with E-state index in [0.717, 1.165) is 6.07 Å². The summed E-state index contributed by atoms with van der Waals surface area (Å²) in [5.41, 5.74) is 0.0419. The molecule has 1 saturated heterocycles. The molecule has 1 amide bonds. The van der Waals surface area contributed by atoms with E-state index in [1.54, 1.807) is 17.0 Å². The number of carbonyl (C=O) groups excluding carboxylic acids is 3. The summed E-state index contributed by atoms with van der Waals surface area (Å²) < 4.78 is 10.8. The topological polar surface area (TPSA) is 128 Å². The van der Waals surface area contributed by atoms with Gasteiger partial charge in [0.25, 0.3) is 11.6 Å². The van der Waals surface area contributed by atoms with E-state index in [1.807, 2.05) is 13.8 Å². The van der Waals surface area contributed by atoms with Crippen LogP contribution in [0.2, 0.25) is 0 Å². The SMILES string of the molecule is CNc1ccc(C(=O)c2ccccc2C(=O)OCC(=O)N2C[C@@H](C)O[C@H](C)C2)cc1[N+](=O)[O-]. The Kier molecular flexibility index (Phi) is 7.39. The van der Waals surface area contributed by atoms with Gasteiger partial charge in [0.2, 0.25) is 0 Å². The number of hydrogen-bond donors (Lipinski definition) is 1. The molecule has 0 unspecified atom stereocenters. The second-order valence-corrected chi connectivity index (χ2v) is 7.75. The van der Waals surface area contributed by atoms with Crippen LogP contribution in [0, 0.1) is 10.1 Å². The zero-order valence-electron chi connectivity index (χ0n) is 18.6. The molecular weight excluding hydrogens is 430 g/mol. The molecule has 0 saturated carbocycles. The first-order valence-electron chi connectivity index (χ1n) is 10.4. The summed E-state index contributed by atoms with van der Waals surface area (Å²) in [6, 6.07) is 10.00. The van der Waals surface area contributed by atoms with E-state index in [1.165, 1.54) is 31.3 Å². The molecule has 33 heavy (non-hydrogen) atoms. The van der Waals surface area contributed by atoms with Gasteiger partial charge in [-0.25, -0.2) is 4.79 Å². The van der Waals surface area contributed by atoms with Gasteiger partial charge in [-0.15, -0.1) is 0 Å². The zero-order chi connectivity index (χ0) is 24.1. The number of nitro groups is 1. The van der Waals surface area contributed by atoms with Crippen LogP contribution in [-0.4, -0.2) is 66.4 Å². The molecule has 0 radical (unpaired) electrons. The molecule has 1 heterocycles. The number of esters is 1. The molecule has 1 N–H and O–H groups in total. The van der Waals surface area contributed by atoms with E-state index in [-0.39, 0.29) is 46.2 Å². The molecule has 2 aromatic carbocycles. The normalized spacial score (nSPS) is 17.8. The highest BCUT2D eigenvalue weighted by atomic mass is 16.6. The molecule has 1 fully saturated rings. The Morgan fingerprint density at radius 2 is 1.76 bits per heavy atom. The maximum absolute atomic E-state index is 13.1. The average Bonchev–Trinajstić information content (AvgIpc) is 2.80. The van der Waals surface area contributed by atoms with E-state index in [9.17, 15) is 24.5 Å². The second kappa shape index (κ2) is 10.2. The summed E-state index contributed by atoms with van der Waals surface area (Å²) in [6.45, 7) is 4.05. The number of benzene rings is 2. The van der Waals surface area contributed by atoms with Crippen LogP contribution >= 0.6 is 0 Å². The monoisotopic (exact) mass is 455 g/mol. The number of ether oxygens (including phenoxy) is 2. The predicted octanol–water partition coefficient (Wildman–Crippen LogP) is 2.66. The first-order chi connectivity index (χ1) is 15.7. The van der Waals surface area contributed by atoms with Gasteiger partial charge in [0.05, 0.1) is 22.7 Å². The lowest BCUT2D eigenvalue weighted by Gasteiger charge is -2.35. The van der Waals surface area contributed by atoms with Crippen molar-refractivity contribution in [2.24, 2.45) is 0 Å². The minimum atomic E-state index is -0.831. The maximum atomic E-state index is 13.1. The lowest BCUT2D eigenvalue weighted by atomic mass is 9.97. The van der Waals surface area contributed by atoms with Gasteiger partial charge >= 0.3 is 5.97 Å². The zero-order valence-corrected chi connectivity index (χ0v) is 18.6. The van der Waals surface area contributed by atoms with E-state index in [0.29, 0.717) is 13.1 Å². The molecule has 174 valence electrons. The number of hydrogen-bond acceptors (Lipinski definition) is 8. The van der Waals surface area contributed by atoms with Crippen LogP contribution in [0.5, 0.6) is 0 Å². The number of nitrogens with zero attached hydrogens (tertiary/aromatic N) is 2. The van der Waals surface area contributed by atoms with Crippen LogP contribution < -0.4 is 5.32 Å². The minimum absolute atomic E-state index is 0.0232. The molecule has 10 nitrogen and oxygen atoms in total. The molecule has 0 bridgehead atoms. The number of morpholine rings is 1. The fourth-order valence-corrected chi connectivity index (χ4v) is 3.73. The highest BCUT2D eigenvalue weighted by Crippen LogP contribution is 2.27. The molecule has 1 aliphatic heterocycles. The number of amides is 1. The third-order valence-corrected chi connectivity index (χ3v) is 5.22. The van der Waals surface area contributed by atoms with Crippen LogP contribution in [0.4, 0.5) is 11.4 Å². The molecule has 0 aliphatic carbocycles. The molecule has 2 aromatic rings. The lowest BCUT2D eigenvalue weighted by Crippen LogP contribution is -2.49. The van der Waals surface area contributed by atoms with Crippen molar-refractivity contribution in [1.29, 1.82) is 0 Å². The number of nitro benzene ring substituents is 1. The highest BCUT2D eigenvalue weighted by Gasteiger charge is 2.27. The van der Waals surface area contributed by atoms with Crippen LogP contribution in [0.25, 0.3) is 0 Å². The van der Waals surface area contributed by atoms with E-state index in [4.69, 9.17) is 9.47 Å². The molecule has 0 spiro atoms. The van der Waals surface area contributed by atoms with Crippen LogP contribution in [0.3, 0.4) is 0 Å². The van der Waals surface area contributed by atoms with Crippen LogP contribution in [0.15, 0.2) is 42.5 Å². The van der Waals surface area contributed by atoms with Gasteiger partial charge in [0.15, 0.2) is 12.4 Å². The van der Waals surface area contributed by atoms with Gasteiger partial charge in [0, 0.05) is 37.3 Å². The standard InChI is InChI=1S/C23H25N3O7/c1-14-11-25(12-15(2)33-14)21(27)13-32-23(29)18-7-5-4-6-17(18)22(28)16-8-9-19(24-3)20(10-16)26(30)31/h4-10,14-15,24H,11-13H2,1-3H3/t14-,15-/m1/s1. The van der Waals surface area contributed by atoms with Crippen molar-refractivity contribution in [3.05, 3.63) is 69.3 Å². The van der Waals surface area contributed by atoms with E-state index >= 15 is 0 Å². The summed E-state index contributed by atoms with van der Waals surface area (Å²) in [5.74, 6) is -1.76. The molecule has 10 heteroatoms. The fourth-order valence-electron chi connectivity index (χ4n) is 3.73. The summed E-state index contributed by atoms with van der Waals surface area (Å²) in [6.07, 6.45) is -0.241. The number of carbonyl (C=O) groups is 3. The molecular formula is C23H25N3O7. The first kappa shape index (κ1) is 23.9. The van der Waals surface area contributed by atoms with E-state index < -0.39 is 23.3 Å². The lowest BCUT2D eigenvalue weighted by molar-refractivity contribution is -0.384. The third kappa shape index (κ3) is 5.53. The van der Waals surface area contributed by atoms with Crippen molar-refractivity contribution in [2.75, 3.05) is 32.1 Å². The Morgan fingerprint density at radius 3 is 2.36 bits per heavy atom. The summed E-state index contributed by atoms with van der Waals surface area (Å²) >= 11 is 0. The van der Waals surface area contributed by atoms with Crippen LogP contribution in [0.1, 0.15) is 40.1 Å². The van der Waals surface area contributed by atoms with Gasteiger partial charge in [-0.05, 0) is 32.0 Å². The molecule has 0 aromatic heterocycles. The van der Waals surface area contributed by atoms with Crippen molar-refractivity contribution >= 4 is 29.0 Å². The van der Waals surface area contributed by atoms with Gasteiger partial charge in [0.1, 0.15) is 5.69 Å². The largest absolute Gasteiger partial charge is 0.452 e. The summed E-state index contributed by atoms with van der Waals surface area (Å²) in [7, 11) is 1.54. The van der Waals surface area contributed by atoms with Crippen molar-refractivity contribution < 1.29 is 28.8 Å². The van der Waals surface area contributed by atoms with Gasteiger partial charge in [-0.2, -0.15) is 0 Å². The van der Waals surface area contributed by atoms with Crippen molar-refractivity contribution in [2.45, 2.75) is 26.1 Å². The third-order valence-electron chi connectivity index (χ3n) is 5.22. The van der Waals surface area contributed by atoms with Crippen molar-refractivity contribution in [3.8, 4) is 0 Å². The Labute approximate surface area is 190 Å². The first-order valence-corrected chi connectivity index (χ1v) is 10.4. The Hall–Kier alpha value is -3.79. The Morgan fingerprint density at radius 1 is 1.12 bits per heavy atom. The smallest absolute Gasteiger partial charge is 0.339 e. The molecule has 2 atom stereocenters. The average molecular weight is 455 g/mol. The number of rotatable bonds is 7.